The van der Waals surface area contributed by atoms with E-state index in [1.165, 1.54) is 16.5 Å². The van der Waals surface area contributed by atoms with Crippen molar-refractivity contribution in [3.8, 4) is 5.75 Å². The molecule has 104 valence electrons. The second kappa shape index (κ2) is 6.59. The maximum atomic E-state index is 5.72. The minimum absolute atomic E-state index is 0.694. The van der Waals surface area contributed by atoms with E-state index in [-0.39, 0.29) is 0 Å². The molecule has 0 spiro atoms. The van der Waals surface area contributed by atoms with Crippen LogP contribution in [-0.4, -0.2) is 50.7 Å². The molecule has 4 heteroatoms. The number of nitrogens with zero attached hydrogens (tertiary/aromatic N) is 1. The largest absolute Gasteiger partial charge is 0.492 e. The van der Waals surface area contributed by atoms with Gasteiger partial charge in [0.15, 0.2) is 0 Å². The Hall–Kier alpha value is -1.52. The van der Waals surface area contributed by atoms with Crippen LogP contribution in [0.4, 0.5) is 0 Å². The average Bonchev–Trinajstić information content (AvgIpc) is 2.79. The molecule has 0 fully saturated rings. The molecule has 0 amide bonds. The van der Waals surface area contributed by atoms with E-state index in [4.69, 9.17) is 4.74 Å². The summed E-state index contributed by atoms with van der Waals surface area (Å²) < 4.78 is 5.72. The molecule has 2 aromatic rings. The fraction of sp³-hybridized carbons (Fsp3) is 0.467. The maximum Gasteiger partial charge on any atom is 0.120 e. The predicted molar refractivity (Wildman–Crippen MR) is 80.0 cm³/mol. The lowest BCUT2D eigenvalue weighted by Crippen LogP contribution is -2.16. The molecule has 0 radical (unpaired) electrons. The van der Waals surface area contributed by atoms with Gasteiger partial charge in [0.05, 0.1) is 0 Å². The lowest BCUT2D eigenvalue weighted by atomic mass is 10.1. The summed E-state index contributed by atoms with van der Waals surface area (Å²) in [5.74, 6) is 0.938. The van der Waals surface area contributed by atoms with Gasteiger partial charge in [0, 0.05) is 30.2 Å². The van der Waals surface area contributed by atoms with Crippen molar-refractivity contribution < 1.29 is 4.74 Å². The standard InChI is InChI=1S/C15H23N3O/c1-16-7-9-19-13-4-5-15-14(10-13)12(11-17-15)6-8-18(2)3/h4-5,10-11,16-17H,6-9H2,1-3H3. The van der Waals surface area contributed by atoms with Gasteiger partial charge in [0.1, 0.15) is 12.4 Å². The molecule has 1 aromatic heterocycles. The molecule has 0 bridgehead atoms. The van der Waals surface area contributed by atoms with Crippen LogP contribution in [0.25, 0.3) is 10.9 Å². The molecule has 4 nitrogen and oxygen atoms in total. The molecule has 0 aliphatic carbocycles. The number of H-pyrrole nitrogens is 1. The summed E-state index contributed by atoms with van der Waals surface area (Å²) in [5, 5.41) is 4.34. The SMILES string of the molecule is CNCCOc1ccc2[nH]cc(CCN(C)C)c2c1. The Labute approximate surface area is 114 Å². The number of hydrogen-bond acceptors (Lipinski definition) is 3. The minimum atomic E-state index is 0.694. The Morgan fingerprint density at radius 1 is 1.32 bits per heavy atom. The van der Waals surface area contributed by atoms with E-state index in [2.05, 4.69) is 47.6 Å². The number of benzene rings is 1. The van der Waals surface area contributed by atoms with Gasteiger partial charge in [-0.2, -0.15) is 0 Å². The van der Waals surface area contributed by atoms with Crippen molar-refractivity contribution in [2.24, 2.45) is 0 Å². The highest BCUT2D eigenvalue weighted by Gasteiger charge is 2.05. The van der Waals surface area contributed by atoms with Crippen LogP contribution in [0.15, 0.2) is 24.4 Å². The van der Waals surface area contributed by atoms with Crippen molar-refractivity contribution in [3.63, 3.8) is 0 Å². The summed E-state index contributed by atoms with van der Waals surface area (Å²) in [6, 6.07) is 6.24. The highest BCUT2D eigenvalue weighted by molar-refractivity contribution is 5.84. The molecular formula is C15H23N3O. The quantitative estimate of drug-likeness (QED) is 0.748. The number of aromatic nitrogens is 1. The first kappa shape index (κ1) is 13.9. The van der Waals surface area contributed by atoms with Crippen molar-refractivity contribution in [2.45, 2.75) is 6.42 Å². The fourth-order valence-electron chi connectivity index (χ4n) is 2.07. The topological polar surface area (TPSA) is 40.3 Å². The maximum absolute atomic E-state index is 5.72. The van der Waals surface area contributed by atoms with Crippen LogP contribution in [-0.2, 0) is 6.42 Å². The summed E-state index contributed by atoms with van der Waals surface area (Å²) in [6.07, 6.45) is 3.15. The van der Waals surface area contributed by atoms with Gasteiger partial charge in [-0.05, 0) is 51.3 Å². The van der Waals surface area contributed by atoms with Crippen molar-refractivity contribution >= 4 is 10.9 Å². The molecule has 19 heavy (non-hydrogen) atoms. The third-order valence-electron chi connectivity index (χ3n) is 3.19. The Balaban J connectivity index is 2.12. The number of likely N-dealkylation sites (N-methyl/N-ethyl adjacent to an activating group) is 2. The summed E-state index contributed by atoms with van der Waals surface area (Å²) in [5.41, 5.74) is 2.53. The lowest BCUT2D eigenvalue weighted by Gasteiger charge is -2.09. The molecule has 0 unspecified atom stereocenters. The van der Waals surface area contributed by atoms with E-state index in [1.807, 2.05) is 13.1 Å². The summed E-state index contributed by atoms with van der Waals surface area (Å²) >= 11 is 0. The van der Waals surface area contributed by atoms with E-state index in [0.717, 1.165) is 25.3 Å². The minimum Gasteiger partial charge on any atom is -0.492 e. The molecule has 0 aliphatic heterocycles. The summed E-state index contributed by atoms with van der Waals surface area (Å²) in [4.78, 5) is 5.52. The van der Waals surface area contributed by atoms with Crippen LogP contribution < -0.4 is 10.1 Å². The first-order valence-electron chi connectivity index (χ1n) is 6.73. The Bertz CT molecular complexity index is 519. The second-order valence-electron chi connectivity index (χ2n) is 5.03. The molecule has 0 saturated heterocycles. The van der Waals surface area contributed by atoms with E-state index >= 15 is 0 Å². The zero-order valence-corrected chi connectivity index (χ0v) is 12.0. The van der Waals surface area contributed by atoms with Gasteiger partial charge in [-0.15, -0.1) is 0 Å². The van der Waals surface area contributed by atoms with Crippen LogP contribution in [0.2, 0.25) is 0 Å². The van der Waals surface area contributed by atoms with Crippen molar-refractivity contribution in [3.05, 3.63) is 30.0 Å². The van der Waals surface area contributed by atoms with Gasteiger partial charge in [0.25, 0.3) is 0 Å². The number of hydrogen-bond donors (Lipinski definition) is 2. The van der Waals surface area contributed by atoms with Gasteiger partial charge in [0.2, 0.25) is 0 Å². The third kappa shape index (κ3) is 3.72. The van der Waals surface area contributed by atoms with Gasteiger partial charge in [-0.1, -0.05) is 0 Å². The summed E-state index contributed by atoms with van der Waals surface area (Å²) in [6.45, 7) is 2.61. The van der Waals surface area contributed by atoms with E-state index in [9.17, 15) is 0 Å². The fourth-order valence-corrected chi connectivity index (χ4v) is 2.07. The zero-order chi connectivity index (χ0) is 13.7. The average molecular weight is 261 g/mol. The Morgan fingerprint density at radius 3 is 2.89 bits per heavy atom. The van der Waals surface area contributed by atoms with Gasteiger partial charge < -0.3 is 19.9 Å². The number of fused-ring (bicyclic) bond motifs is 1. The molecule has 0 aliphatic rings. The highest BCUT2D eigenvalue weighted by Crippen LogP contribution is 2.24. The molecule has 2 N–H and O–H groups in total. The molecule has 0 atom stereocenters. The van der Waals surface area contributed by atoms with E-state index in [0.29, 0.717) is 6.61 Å². The zero-order valence-electron chi connectivity index (χ0n) is 12.0. The lowest BCUT2D eigenvalue weighted by molar-refractivity contribution is 0.319. The van der Waals surface area contributed by atoms with Crippen LogP contribution >= 0.6 is 0 Å². The van der Waals surface area contributed by atoms with Crippen molar-refractivity contribution in [1.29, 1.82) is 0 Å². The molecule has 0 saturated carbocycles. The van der Waals surface area contributed by atoms with Crippen molar-refractivity contribution in [2.75, 3.05) is 40.8 Å². The van der Waals surface area contributed by atoms with Crippen LogP contribution in [0.5, 0.6) is 5.75 Å². The smallest absolute Gasteiger partial charge is 0.120 e. The Morgan fingerprint density at radius 2 is 2.16 bits per heavy atom. The van der Waals surface area contributed by atoms with Crippen LogP contribution in [0, 0.1) is 0 Å². The normalized spacial score (nSPS) is 11.4. The monoisotopic (exact) mass is 261 g/mol. The predicted octanol–water partition coefficient (Wildman–Crippen LogP) is 1.87. The van der Waals surface area contributed by atoms with Gasteiger partial charge in [-0.3, -0.25) is 0 Å². The van der Waals surface area contributed by atoms with Crippen molar-refractivity contribution in [1.82, 2.24) is 15.2 Å². The molecule has 1 heterocycles. The highest BCUT2D eigenvalue weighted by atomic mass is 16.5. The number of ether oxygens (including phenoxy) is 1. The Kier molecular flexibility index (Phi) is 4.82. The van der Waals surface area contributed by atoms with Crippen LogP contribution in [0.3, 0.4) is 0 Å². The molecule has 2 rings (SSSR count). The first-order valence-corrected chi connectivity index (χ1v) is 6.73. The number of aromatic amines is 1. The molecular weight excluding hydrogens is 238 g/mol. The van der Waals surface area contributed by atoms with Gasteiger partial charge >= 0.3 is 0 Å². The third-order valence-corrected chi connectivity index (χ3v) is 3.19. The van der Waals surface area contributed by atoms with E-state index < -0.39 is 0 Å². The van der Waals surface area contributed by atoms with Gasteiger partial charge in [-0.25, -0.2) is 0 Å². The summed E-state index contributed by atoms with van der Waals surface area (Å²) in [7, 11) is 6.13. The first-order chi connectivity index (χ1) is 9.20. The van der Waals surface area contributed by atoms with E-state index in [1.54, 1.807) is 0 Å². The number of rotatable bonds is 7. The second-order valence-corrected chi connectivity index (χ2v) is 5.03. The molecule has 1 aromatic carbocycles. The number of nitrogens with one attached hydrogen (secondary N) is 2. The van der Waals surface area contributed by atoms with Crippen LogP contribution in [0.1, 0.15) is 5.56 Å².